The van der Waals surface area contributed by atoms with Gasteiger partial charge in [0.1, 0.15) is 0 Å². The van der Waals surface area contributed by atoms with E-state index in [0.29, 0.717) is 0 Å². The minimum atomic E-state index is 0.127. The van der Waals surface area contributed by atoms with Gasteiger partial charge in [-0.15, -0.1) is 0 Å². The van der Waals surface area contributed by atoms with Gasteiger partial charge in [-0.1, -0.05) is 24.5 Å². The normalized spacial score (nSPS) is 25.4. The topological polar surface area (TPSA) is 29.3 Å². The van der Waals surface area contributed by atoms with Gasteiger partial charge in [0.2, 0.25) is 0 Å². The van der Waals surface area contributed by atoms with Crippen LogP contribution in [0, 0.1) is 0 Å². The highest BCUT2D eigenvalue weighted by atomic mass is 15.2. The quantitative estimate of drug-likeness (QED) is 0.777. The molecule has 0 amide bonds. The molecule has 0 aromatic heterocycles. The molecule has 1 unspecified atom stereocenters. The molecule has 104 valence electrons. The lowest BCUT2D eigenvalue weighted by atomic mass is 9.83. The molecule has 0 saturated carbocycles. The first kappa shape index (κ1) is 14.1. The standard InChI is InChI=1S/C16H30N2/c1-16(2,18-12-8-9-13-18)15(17)14-10-6-4-3-5-7-11-14/h10,15H,3-9,11-13,17H2,1-2H3. The number of hydrogen-bond donors (Lipinski definition) is 1. The molecular weight excluding hydrogens is 220 g/mol. The average molecular weight is 250 g/mol. The lowest BCUT2D eigenvalue weighted by Gasteiger charge is -2.41. The van der Waals surface area contributed by atoms with E-state index >= 15 is 0 Å². The second-order valence-electron chi connectivity index (χ2n) is 6.56. The Bertz CT molecular complexity index is 287. The monoisotopic (exact) mass is 250 g/mol. The molecule has 2 nitrogen and oxygen atoms in total. The van der Waals surface area contributed by atoms with Gasteiger partial charge in [0.05, 0.1) is 0 Å². The van der Waals surface area contributed by atoms with Crippen LogP contribution in [0.25, 0.3) is 0 Å². The summed E-state index contributed by atoms with van der Waals surface area (Å²) < 4.78 is 0. The molecule has 0 spiro atoms. The second kappa shape index (κ2) is 6.21. The van der Waals surface area contributed by atoms with E-state index in [2.05, 4.69) is 24.8 Å². The lowest BCUT2D eigenvalue weighted by molar-refractivity contribution is 0.134. The van der Waals surface area contributed by atoms with Crippen molar-refractivity contribution < 1.29 is 0 Å². The van der Waals surface area contributed by atoms with Crippen molar-refractivity contribution in [2.45, 2.75) is 76.8 Å². The Labute approximate surface area is 113 Å². The van der Waals surface area contributed by atoms with Crippen LogP contribution in [0.3, 0.4) is 0 Å². The van der Waals surface area contributed by atoms with Gasteiger partial charge in [0, 0.05) is 11.6 Å². The first-order valence-corrected chi connectivity index (χ1v) is 7.82. The third-order valence-corrected chi connectivity index (χ3v) is 4.91. The third kappa shape index (κ3) is 3.16. The van der Waals surface area contributed by atoms with Crippen LogP contribution >= 0.6 is 0 Å². The predicted molar refractivity (Wildman–Crippen MR) is 78.6 cm³/mol. The van der Waals surface area contributed by atoms with Gasteiger partial charge < -0.3 is 5.73 Å². The summed E-state index contributed by atoms with van der Waals surface area (Å²) in [7, 11) is 0. The molecule has 1 saturated heterocycles. The van der Waals surface area contributed by atoms with Gasteiger partial charge in [0.25, 0.3) is 0 Å². The smallest absolute Gasteiger partial charge is 0.0435 e. The van der Waals surface area contributed by atoms with Crippen molar-refractivity contribution in [3.8, 4) is 0 Å². The summed E-state index contributed by atoms with van der Waals surface area (Å²) in [4.78, 5) is 2.59. The maximum absolute atomic E-state index is 6.62. The van der Waals surface area contributed by atoms with E-state index in [9.17, 15) is 0 Å². The third-order valence-electron chi connectivity index (χ3n) is 4.91. The van der Waals surface area contributed by atoms with Crippen LogP contribution in [-0.4, -0.2) is 29.6 Å². The van der Waals surface area contributed by atoms with E-state index < -0.39 is 0 Å². The van der Waals surface area contributed by atoms with Crippen LogP contribution in [0.5, 0.6) is 0 Å². The molecule has 2 aliphatic rings. The number of hydrogen-bond acceptors (Lipinski definition) is 2. The van der Waals surface area contributed by atoms with E-state index in [1.807, 2.05) is 0 Å². The van der Waals surface area contributed by atoms with Crippen LogP contribution in [0.2, 0.25) is 0 Å². The zero-order valence-electron chi connectivity index (χ0n) is 12.3. The Balaban J connectivity index is 2.05. The van der Waals surface area contributed by atoms with Crippen molar-refractivity contribution in [2.75, 3.05) is 13.1 Å². The number of nitrogens with two attached hydrogens (primary N) is 1. The summed E-state index contributed by atoms with van der Waals surface area (Å²) in [6, 6.07) is 0.216. The summed E-state index contributed by atoms with van der Waals surface area (Å²) >= 11 is 0. The molecule has 1 aliphatic heterocycles. The van der Waals surface area contributed by atoms with Gasteiger partial charge >= 0.3 is 0 Å². The molecule has 18 heavy (non-hydrogen) atoms. The van der Waals surface area contributed by atoms with Crippen LogP contribution in [-0.2, 0) is 0 Å². The fourth-order valence-corrected chi connectivity index (χ4v) is 3.44. The largest absolute Gasteiger partial charge is 0.323 e. The lowest BCUT2D eigenvalue weighted by Crippen LogP contribution is -2.55. The Morgan fingerprint density at radius 2 is 1.72 bits per heavy atom. The number of nitrogens with zero attached hydrogens (tertiary/aromatic N) is 1. The summed E-state index contributed by atoms with van der Waals surface area (Å²) in [5.41, 5.74) is 8.26. The molecule has 0 bridgehead atoms. The summed E-state index contributed by atoms with van der Waals surface area (Å²) in [6.07, 6.45) is 13.0. The van der Waals surface area contributed by atoms with Crippen LogP contribution in [0.15, 0.2) is 11.6 Å². The molecule has 1 fully saturated rings. The van der Waals surface area contributed by atoms with Gasteiger partial charge in [-0.05, 0) is 65.5 Å². The van der Waals surface area contributed by atoms with Crippen molar-refractivity contribution >= 4 is 0 Å². The van der Waals surface area contributed by atoms with Crippen molar-refractivity contribution in [2.24, 2.45) is 5.73 Å². The molecule has 2 N–H and O–H groups in total. The molecule has 2 heteroatoms. The first-order valence-electron chi connectivity index (χ1n) is 7.82. The van der Waals surface area contributed by atoms with Gasteiger partial charge in [-0.3, -0.25) is 4.90 Å². The first-order chi connectivity index (χ1) is 8.62. The molecule has 2 rings (SSSR count). The van der Waals surface area contributed by atoms with Crippen LogP contribution in [0.1, 0.15) is 65.2 Å². The number of rotatable bonds is 3. The molecular formula is C16H30N2. The molecule has 0 radical (unpaired) electrons. The number of likely N-dealkylation sites (tertiary alicyclic amines) is 1. The predicted octanol–water partition coefficient (Wildman–Crippen LogP) is 3.47. The van der Waals surface area contributed by atoms with Gasteiger partial charge in [-0.2, -0.15) is 0 Å². The van der Waals surface area contributed by atoms with Crippen molar-refractivity contribution in [3.05, 3.63) is 11.6 Å². The summed E-state index contributed by atoms with van der Waals surface area (Å²) in [6.45, 7) is 7.13. The summed E-state index contributed by atoms with van der Waals surface area (Å²) in [5.74, 6) is 0. The van der Waals surface area contributed by atoms with Gasteiger partial charge in [-0.25, -0.2) is 0 Å². The maximum Gasteiger partial charge on any atom is 0.0435 e. The van der Waals surface area contributed by atoms with E-state index in [4.69, 9.17) is 5.73 Å². The zero-order chi connectivity index (χ0) is 13.0. The Hall–Kier alpha value is -0.340. The fraction of sp³-hybridized carbons (Fsp3) is 0.875. The fourth-order valence-electron chi connectivity index (χ4n) is 3.44. The van der Waals surface area contributed by atoms with E-state index in [0.717, 1.165) is 0 Å². The minimum absolute atomic E-state index is 0.127. The molecule has 1 heterocycles. The minimum Gasteiger partial charge on any atom is -0.323 e. The molecule has 0 aromatic rings. The van der Waals surface area contributed by atoms with E-state index in [-0.39, 0.29) is 11.6 Å². The highest BCUT2D eigenvalue weighted by Gasteiger charge is 2.36. The second-order valence-corrected chi connectivity index (χ2v) is 6.56. The molecule has 0 aromatic carbocycles. The molecule has 1 aliphatic carbocycles. The maximum atomic E-state index is 6.62. The zero-order valence-corrected chi connectivity index (χ0v) is 12.3. The molecule has 1 atom stereocenters. The van der Waals surface area contributed by atoms with Gasteiger partial charge in [0.15, 0.2) is 0 Å². The van der Waals surface area contributed by atoms with Crippen molar-refractivity contribution in [1.82, 2.24) is 4.90 Å². The summed E-state index contributed by atoms with van der Waals surface area (Å²) in [5, 5.41) is 0. The van der Waals surface area contributed by atoms with Crippen molar-refractivity contribution in [3.63, 3.8) is 0 Å². The van der Waals surface area contributed by atoms with E-state index in [1.54, 1.807) is 0 Å². The van der Waals surface area contributed by atoms with Crippen molar-refractivity contribution in [1.29, 1.82) is 0 Å². The Morgan fingerprint density at radius 1 is 1.06 bits per heavy atom. The SMILES string of the molecule is CC(C)(C(N)C1=CCCCCCC1)N1CCCC1. The van der Waals surface area contributed by atoms with Crippen LogP contribution in [0.4, 0.5) is 0 Å². The Kier molecular flexibility index (Phi) is 4.85. The highest BCUT2D eigenvalue weighted by Crippen LogP contribution is 2.30. The number of allylic oxidation sites excluding steroid dienone is 1. The average Bonchev–Trinajstić information content (AvgIpc) is 2.81. The van der Waals surface area contributed by atoms with E-state index in [1.165, 1.54) is 70.0 Å². The highest BCUT2D eigenvalue weighted by molar-refractivity contribution is 5.18. The Morgan fingerprint density at radius 3 is 2.44 bits per heavy atom. The van der Waals surface area contributed by atoms with Crippen LogP contribution < -0.4 is 5.73 Å².